The molecule has 0 radical (unpaired) electrons. The maximum absolute atomic E-state index is 8.74. The molecule has 0 spiro atoms. The van der Waals surface area contributed by atoms with E-state index in [0.717, 1.165) is 0 Å². The van der Waals surface area contributed by atoms with Gasteiger partial charge in [0, 0.05) is 0 Å². The molecule has 8 nitrogen and oxygen atoms in total. The molecule has 0 aliphatic carbocycles. The Morgan fingerprint density at radius 1 is 1.15 bits per heavy atom. The van der Waals surface area contributed by atoms with Gasteiger partial charge in [0.25, 0.3) is 5.09 Å². The fraction of sp³-hybridized carbons (Fsp3) is 0. The Morgan fingerprint density at radius 3 is 1.15 bits per heavy atom. The van der Waals surface area contributed by atoms with Crippen LogP contribution in [0.2, 0.25) is 0 Å². The number of rotatable bonds is 0. The monoisotopic (exact) mass is 321 g/mol. The molecule has 0 heterocycles. The van der Waals surface area contributed by atoms with Crippen LogP contribution in [-0.2, 0) is 10.4 Å². The summed E-state index contributed by atoms with van der Waals surface area (Å²) in [5, 5.41) is 13.6. The van der Waals surface area contributed by atoms with Gasteiger partial charge < -0.3 is 5.21 Å². The fourth-order valence-electron chi connectivity index (χ4n) is 0. The third-order valence-electron chi connectivity index (χ3n) is 0. The quantitative estimate of drug-likeness (QED) is 0.190. The van der Waals surface area contributed by atoms with Gasteiger partial charge in [0.1, 0.15) is 0 Å². The van der Waals surface area contributed by atoms with Crippen LogP contribution in [-0.4, -0.2) is 141 Å². The third-order valence-corrected chi connectivity index (χ3v) is 0. The Morgan fingerprint density at radius 2 is 1.15 bits per heavy atom. The molecule has 0 unspecified atom stereocenters. The van der Waals surface area contributed by atoms with Crippen molar-refractivity contribution in [1.82, 2.24) is 0 Å². The van der Waals surface area contributed by atoms with E-state index in [2.05, 4.69) is 0 Å². The van der Waals surface area contributed by atoms with E-state index in [1.165, 1.54) is 0 Å². The zero-order valence-electron chi connectivity index (χ0n) is 4.95. The molecule has 0 aromatic carbocycles. The Hall–Kier alpha value is 3.14. The second-order valence-corrected chi connectivity index (χ2v) is 1.58. The van der Waals surface area contributed by atoms with Crippen molar-refractivity contribution in [1.29, 1.82) is 0 Å². The molecule has 0 aromatic rings. The number of halogens is 1. The predicted octanol–water partition coefficient (Wildman–Crippen LogP) is -2.79. The molecule has 13 heavy (non-hydrogen) atoms. The van der Waals surface area contributed by atoms with Crippen molar-refractivity contribution in [2.24, 2.45) is 0 Å². The summed E-state index contributed by atoms with van der Waals surface area (Å²) in [6, 6.07) is 0. The minimum atomic E-state index is -4.67. The van der Waals surface area contributed by atoms with Gasteiger partial charge in [0.05, 0.1) is 0 Å². The standard InChI is InChI=1S/3Ca.ClH.HNO3.H2O4S.4H/c;;;;2-1(3)4;1-5(2,3)4;;;;/h;;;1H;(H,2,3,4);(H2,1,2,3,4);;;;/q;;+2;;;;;;;. The summed E-state index contributed by atoms with van der Waals surface area (Å²) in [5.41, 5.74) is 0. The van der Waals surface area contributed by atoms with Gasteiger partial charge in [-0.2, -0.15) is 8.42 Å². The van der Waals surface area contributed by atoms with E-state index in [1.54, 1.807) is 0 Å². The van der Waals surface area contributed by atoms with E-state index >= 15 is 0 Å². The molecule has 0 fully saturated rings. The van der Waals surface area contributed by atoms with Gasteiger partial charge >= 0.3 is 124 Å². The predicted molar refractivity (Wildman–Crippen MR) is 53.0 cm³/mol. The Labute approximate surface area is 170 Å². The summed E-state index contributed by atoms with van der Waals surface area (Å²) >= 11 is 0. The molecule has 0 atom stereocenters. The molecule has 72 valence electrons. The van der Waals surface area contributed by atoms with Crippen LogP contribution in [0, 0.1) is 10.1 Å². The molecule has 0 rings (SSSR count). The van der Waals surface area contributed by atoms with Crippen LogP contribution in [0.5, 0.6) is 0 Å². The third kappa shape index (κ3) is 265. The van der Waals surface area contributed by atoms with Crippen LogP contribution in [0.1, 0.15) is 0 Å². The van der Waals surface area contributed by atoms with E-state index in [4.69, 9.17) is 32.8 Å². The Kier molecular flexibility index (Phi) is 56.8. The van der Waals surface area contributed by atoms with Crippen LogP contribution in [0.25, 0.3) is 0 Å². The Balaban J connectivity index is -0.0000000146. The van der Waals surface area contributed by atoms with Gasteiger partial charge in [0.2, 0.25) is 0 Å². The van der Waals surface area contributed by atoms with E-state index in [0.29, 0.717) is 0 Å². The van der Waals surface area contributed by atoms with Crippen molar-refractivity contribution in [3.05, 3.63) is 10.1 Å². The first kappa shape index (κ1) is 36.0. The van der Waals surface area contributed by atoms with E-state index < -0.39 is 15.5 Å². The van der Waals surface area contributed by atoms with Gasteiger partial charge in [-0.15, -0.1) is 22.5 Å². The van der Waals surface area contributed by atoms with Crippen LogP contribution in [0.3, 0.4) is 0 Å². The second kappa shape index (κ2) is 20.5. The van der Waals surface area contributed by atoms with Crippen LogP contribution in [0.4, 0.5) is 0 Å². The van der Waals surface area contributed by atoms with Crippen molar-refractivity contribution >= 4 is 136 Å². The summed E-state index contributed by atoms with van der Waals surface area (Å²) in [5.74, 6) is 0. The molecule has 0 aliphatic rings. The molecule has 0 saturated heterocycles. The first-order chi connectivity index (χ1) is 3.73. The van der Waals surface area contributed by atoms with Crippen molar-refractivity contribution in [2.75, 3.05) is 0 Å². The van der Waals surface area contributed by atoms with Crippen LogP contribution in [0.15, 0.2) is 0 Å². The summed E-state index contributed by atoms with van der Waals surface area (Å²) in [4.78, 5) is 8.36. The molecule has 0 aromatic heterocycles. The SMILES string of the molecule is Cl.O=S(=O)(O)O.O=[N+]([O-])O.[Ca+2].[CaH2].[CaH2]. The van der Waals surface area contributed by atoms with E-state index in [-0.39, 0.29) is 126 Å². The molecular weight excluding hydrogens is 314 g/mol. The first-order valence-electron chi connectivity index (χ1n) is 1.26. The number of nitrogens with zero attached hydrogens (tertiary/aromatic N) is 1. The van der Waals surface area contributed by atoms with Crippen molar-refractivity contribution in [3.8, 4) is 0 Å². The maximum atomic E-state index is 8.74. The van der Waals surface area contributed by atoms with Crippen LogP contribution >= 0.6 is 12.4 Å². The fourth-order valence-corrected chi connectivity index (χ4v) is 0. The molecule has 0 saturated carbocycles. The second-order valence-electron chi connectivity index (χ2n) is 0.686. The summed E-state index contributed by atoms with van der Waals surface area (Å²) < 4.78 is 31.6. The van der Waals surface area contributed by atoms with Gasteiger partial charge in [-0.25, -0.2) is 0 Å². The normalized spacial score (nSPS) is 6.31. The van der Waals surface area contributed by atoms with Crippen molar-refractivity contribution in [2.45, 2.75) is 0 Å². The zero-order valence-corrected chi connectivity index (χ0v) is 8.79. The van der Waals surface area contributed by atoms with Crippen molar-refractivity contribution in [3.63, 3.8) is 0 Å². The summed E-state index contributed by atoms with van der Waals surface area (Å²) in [7, 11) is -4.67. The minimum absolute atomic E-state index is 0. The van der Waals surface area contributed by atoms with Gasteiger partial charge in [-0.05, 0) is 0 Å². The van der Waals surface area contributed by atoms with Crippen LogP contribution < -0.4 is 0 Å². The summed E-state index contributed by atoms with van der Waals surface area (Å²) in [6.45, 7) is 0. The molecule has 13 heteroatoms. The van der Waals surface area contributed by atoms with Gasteiger partial charge in [-0.1, -0.05) is 0 Å². The molecule has 3 N–H and O–H groups in total. The average molecular weight is 322 g/mol. The van der Waals surface area contributed by atoms with Crippen molar-refractivity contribution < 1.29 is 27.8 Å². The van der Waals surface area contributed by atoms with E-state index in [9.17, 15) is 0 Å². The molecule has 0 aliphatic heterocycles. The Bertz CT molecular complexity index is 166. The zero-order chi connectivity index (χ0) is 8.08. The summed E-state index contributed by atoms with van der Waals surface area (Å²) in [6.07, 6.45) is 0. The number of hydrogen-bond donors (Lipinski definition) is 3. The molecule has 0 bridgehead atoms. The van der Waals surface area contributed by atoms with E-state index in [1.807, 2.05) is 0 Å². The molecule has 0 amide bonds. The van der Waals surface area contributed by atoms with Gasteiger partial charge in [0.15, 0.2) is 0 Å². The average Bonchev–Trinajstić information content (AvgIpc) is 1.19. The number of hydrogen-bond acceptors (Lipinski definition) is 4. The molecular formula is H8Ca3ClNO7S+2. The first-order valence-corrected chi connectivity index (χ1v) is 2.66. The topological polar surface area (TPSA) is 138 Å². The van der Waals surface area contributed by atoms with Gasteiger partial charge in [-0.3, -0.25) is 9.11 Å².